The van der Waals surface area contributed by atoms with Crippen LogP contribution in [-0.2, 0) is 14.3 Å². The Morgan fingerprint density at radius 2 is 2.38 bits per heavy atom. The Kier molecular flexibility index (Phi) is 1.91. The van der Waals surface area contributed by atoms with E-state index >= 15 is 0 Å². The summed E-state index contributed by atoms with van der Waals surface area (Å²) in [5.41, 5.74) is 1.76. The van der Waals surface area contributed by atoms with Crippen LogP contribution in [0, 0.1) is 0 Å². The van der Waals surface area contributed by atoms with Crippen LogP contribution < -0.4 is 0 Å². The van der Waals surface area contributed by atoms with Gasteiger partial charge in [0.2, 0.25) is 0 Å². The van der Waals surface area contributed by atoms with E-state index in [1.165, 1.54) is 12.7 Å². The molecule has 2 rings (SSSR count). The molecule has 0 amide bonds. The molecule has 0 spiro atoms. The highest BCUT2D eigenvalue weighted by Gasteiger charge is 2.43. The van der Waals surface area contributed by atoms with Gasteiger partial charge in [-0.2, -0.15) is 0 Å². The van der Waals surface area contributed by atoms with Crippen LogP contribution in [0.1, 0.15) is 26.2 Å². The van der Waals surface area contributed by atoms with Crippen LogP contribution in [0.4, 0.5) is 0 Å². The fourth-order valence-electron chi connectivity index (χ4n) is 2.27. The van der Waals surface area contributed by atoms with Gasteiger partial charge in [-0.1, -0.05) is 0 Å². The normalized spacial score (nSPS) is 32.2. The van der Waals surface area contributed by atoms with Crippen molar-refractivity contribution < 1.29 is 14.3 Å². The van der Waals surface area contributed by atoms with Crippen LogP contribution in [0.2, 0.25) is 0 Å². The van der Waals surface area contributed by atoms with Crippen LogP contribution in [0.5, 0.6) is 0 Å². The minimum Gasteiger partial charge on any atom is -0.466 e. The molecular formula is C10H14O3. The van der Waals surface area contributed by atoms with E-state index in [2.05, 4.69) is 6.92 Å². The Hall–Kier alpha value is -0.830. The first kappa shape index (κ1) is 8.75. The number of carbonyl (C=O) groups is 1. The number of hydrogen-bond donors (Lipinski definition) is 0. The minimum atomic E-state index is -0.222. The van der Waals surface area contributed by atoms with Gasteiger partial charge < -0.3 is 9.47 Å². The number of methoxy groups -OCH3 is 1. The van der Waals surface area contributed by atoms with Gasteiger partial charge in [0.05, 0.1) is 24.9 Å². The van der Waals surface area contributed by atoms with E-state index in [0.29, 0.717) is 6.61 Å². The first-order valence-electron chi connectivity index (χ1n) is 4.62. The van der Waals surface area contributed by atoms with Gasteiger partial charge in [-0.05, 0) is 31.8 Å². The van der Waals surface area contributed by atoms with E-state index in [1.807, 2.05) is 0 Å². The molecule has 0 N–H and O–H groups in total. The van der Waals surface area contributed by atoms with Crippen molar-refractivity contribution in [1.82, 2.24) is 0 Å². The van der Waals surface area contributed by atoms with E-state index in [1.54, 1.807) is 0 Å². The number of esters is 1. The molecule has 1 atom stereocenters. The third-order valence-corrected chi connectivity index (χ3v) is 3.05. The van der Waals surface area contributed by atoms with Crippen LogP contribution in [0.15, 0.2) is 11.1 Å². The molecule has 0 aromatic heterocycles. The summed E-state index contributed by atoms with van der Waals surface area (Å²) in [6.07, 6.45) is 3.14. The summed E-state index contributed by atoms with van der Waals surface area (Å²) >= 11 is 0. The quantitative estimate of drug-likeness (QED) is 0.575. The smallest absolute Gasteiger partial charge is 0.336 e. The number of fused-ring (bicyclic) bond motifs is 1. The summed E-state index contributed by atoms with van der Waals surface area (Å²) in [5, 5.41) is 0. The standard InChI is InChI=1S/C10H14O3/c1-10-5-3-4-8(10)7(6-13-10)9(11)12-2/h3-6H2,1-2H3. The molecule has 3 nitrogen and oxygen atoms in total. The second-order valence-corrected chi connectivity index (χ2v) is 3.82. The summed E-state index contributed by atoms with van der Waals surface area (Å²) in [4.78, 5) is 11.3. The lowest BCUT2D eigenvalue weighted by atomic mass is 9.98. The van der Waals surface area contributed by atoms with Crippen molar-refractivity contribution in [2.24, 2.45) is 0 Å². The zero-order valence-electron chi connectivity index (χ0n) is 8.05. The predicted octanol–water partition coefficient (Wildman–Crippen LogP) is 1.43. The summed E-state index contributed by atoms with van der Waals surface area (Å²) in [5.74, 6) is -0.222. The first-order chi connectivity index (χ1) is 6.17. The van der Waals surface area contributed by atoms with Gasteiger partial charge in [-0.15, -0.1) is 0 Å². The van der Waals surface area contributed by atoms with E-state index in [9.17, 15) is 4.79 Å². The molecule has 0 saturated heterocycles. The zero-order valence-corrected chi connectivity index (χ0v) is 8.05. The molecule has 1 saturated carbocycles. The molecule has 1 aliphatic carbocycles. The molecule has 3 heteroatoms. The van der Waals surface area contributed by atoms with Crippen LogP contribution in [-0.4, -0.2) is 25.3 Å². The first-order valence-corrected chi connectivity index (χ1v) is 4.62. The Morgan fingerprint density at radius 1 is 1.62 bits per heavy atom. The monoisotopic (exact) mass is 182 g/mol. The fourth-order valence-corrected chi connectivity index (χ4v) is 2.27. The van der Waals surface area contributed by atoms with Crippen molar-refractivity contribution in [2.75, 3.05) is 13.7 Å². The maximum atomic E-state index is 11.3. The third-order valence-electron chi connectivity index (χ3n) is 3.05. The second kappa shape index (κ2) is 2.84. The number of carbonyl (C=O) groups excluding carboxylic acids is 1. The Bertz CT molecular complexity index is 280. The maximum Gasteiger partial charge on any atom is 0.336 e. The predicted molar refractivity (Wildman–Crippen MR) is 47.3 cm³/mol. The lowest BCUT2D eigenvalue weighted by Crippen LogP contribution is -2.21. The maximum absolute atomic E-state index is 11.3. The third kappa shape index (κ3) is 1.18. The Labute approximate surface area is 77.7 Å². The summed E-state index contributed by atoms with van der Waals surface area (Å²) in [7, 11) is 1.42. The minimum absolute atomic E-state index is 0.163. The average molecular weight is 182 g/mol. The molecule has 0 radical (unpaired) electrons. The van der Waals surface area contributed by atoms with Crippen molar-refractivity contribution in [2.45, 2.75) is 31.8 Å². The zero-order chi connectivity index (χ0) is 9.47. The second-order valence-electron chi connectivity index (χ2n) is 3.82. The summed E-state index contributed by atoms with van der Waals surface area (Å²) < 4.78 is 10.3. The molecule has 0 bridgehead atoms. The SMILES string of the molecule is COC(=O)C1=C2CCCC2(C)OC1. The van der Waals surface area contributed by atoms with Gasteiger partial charge in [0.1, 0.15) is 0 Å². The average Bonchev–Trinajstić information content (AvgIpc) is 2.60. The molecule has 0 aromatic carbocycles. The molecule has 72 valence electrons. The number of rotatable bonds is 1. The van der Waals surface area contributed by atoms with E-state index in [0.717, 1.165) is 24.8 Å². The molecular weight excluding hydrogens is 168 g/mol. The van der Waals surface area contributed by atoms with Gasteiger partial charge in [0.25, 0.3) is 0 Å². The largest absolute Gasteiger partial charge is 0.466 e. The topological polar surface area (TPSA) is 35.5 Å². The van der Waals surface area contributed by atoms with Crippen molar-refractivity contribution in [3.05, 3.63) is 11.1 Å². The van der Waals surface area contributed by atoms with Crippen molar-refractivity contribution in [3.8, 4) is 0 Å². The Balaban J connectivity index is 2.33. The van der Waals surface area contributed by atoms with Crippen LogP contribution >= 0.6 is 0 Å². The van der Waals surface area contributed by atoms with Crippen molar-refractivity contribution >= 4 is 5.97 Å². The lowest BCUT2D eigenvalue weighted by molar-refractivity contribution is -0.136. The van der Waals surface area contributed by atoms with E-state index in [4.69, 9.17) is 9.47 Å². The van der Waals surface area contributed by atoms with Gasteiger partial charge in [0.15, 0.2) is 0 Å². The highest BCUT2D eigenvalue weighted by Crippen LogP contribution is 2.44. The molecule has 2 aliphatic rings. The molecule has 1 fully saturated rings. The van der Waals surface area contributed by atoms with Gasteiger partial charge >= 0.3 is 5.97 Å². The highest BCUT2D eigenvalue weighted by atomic mass is 16.5. The molecule has 1 unspecified atom stereocenters. The summed E-state index contributed by atoms with van der Waals surface area (Å²) in [6, 6.07) is 0. The van der Waals surface area contributed by atoms with Crippen molar-refractivity contribution in [1.29, 1.82) is 0 Å². The van der Waals surface area contributed by atoms with E-state index < -0.39 is 0 Å². The highest BCUT2D eigenvalue weighted by molar-refractivity contribution is 5.90. The molecule has 1 heterocycles. The summed E-state index contributed by atoms with van der Waals surface area (Å²) in [6.45, 7) is 2.49. The van der Waals surface area contributed by atoms with Gasteiger partial charge in [0, 0.05) is 0 Å². The molecule has 13 heavy (non-hydrogen) atoms. The number of ether oxygens (including phenoxy) is 2. The van der Waals surface area contributed by atoms with Crippen LogP contribution in [0.25, 0.3) is 0 Å². The molecule has 0 aromatic rings. The van der Waals surface area contributed by atoms with Gasteiger partial charge in [-0.3, -0.25) is 0 Å². The van der Waals surface area contributed by atoms with Crippen molar-refractivity contribution in [3.63, 3.8) is 0 Å². The van der Waals surface area contributed by atoms with Crippen LogP contribution in [0.3, 0.4) is 0 Å². The van der Waals surface area contributed by atoms with E-state index in [-0.39, 0.29) is 11.6 Å². The molecule has 1 aliphatic heterocycles. The Morgan fingerprint density at radius 3 is 3.08 bits per heavy atom. The fraction of sp³-hybridized carbons (Fsp3) is 0.700. The number of hydrogen-bond acceptors (Lipinski definition) is 3. The lowest BCUT2D eigenvalue weighted by Gasteiger charge is -2.19. The van der Waals surface area contributed by atoms with Gasteiger partial charge in [-0.25, -0.2) is 4.79 Å².